The van der Waals surface area contributed by atoms with Crippen LogP contribution >= 0.6 is 0 Å². The van der Waals surface area contributed by atoms with Gasteiger partial charge in [-0.1, -0.05) is 13.8 Å². The standard InChI is InChI=1S/C12H21N/c1-10-3-9-4-11(2,6-10)8-12(13,5-9)7-10/h9H,3-8,13H2,1-2H3/p+1. The fraction of sp³-hybridized carbons (Fsp3) is 1.00. The second kappa shape index (κ2) is 1.98. The van der Waals surface area contributed by atoms with Crippen LogP contribution in [0.25, 0.3) is 0 Å². The third-order valence-corrected chi connectivity index (χ3v) is 4.74. The van der Waals surface area contributed by atoms with Gasteiger partial charge >= 0.3 is 0 Å². The zero-order valence-corrected chi connectivity index (χ0v) is 9.03. The highest BCUT2D eigenvalue weighted by molar-refractivity contribution is 5.10. The van der Waals surface area contributed by atoms with Gasteiger partial charge in [0.1, 0.15) is 0 Å². The normalized spacial score (nSPS) is 64.4. The summed E-state index contributed by atoms with van der Waals surface area (Å²) in [5.74, 6) is 1.02. The lowest BCUT2D eigenvalue weighted by Gasteiger charge is -2.62. The van der Waals surface area contributed by atoms with Crippen LogP contribution in [0, 0.1) is 16.7 Å². The van der Waals surface area contributed by atoms with Gasteiger partial charge in [0.15, 0.2) is 0 Å². The molecular weight excluding hydrogens is 158 g/mol. The lowest BCUT2D eigenvalue weighted by Crippen LogP contribution is -2.80. The van der Waals surface area contributed by atoms with Crippen molar-refractivity contribution < 1.29 is 5.73 Å². The predicted octanol–water partition coefficient (Wildman–Crippen LogP) is 1.98. The van der Waals surface area contributed by atoms with Crippen LogP contribution in [0.15, 0.2) is 0 Å². The Morgan fingerprint density at radius 2 is 1.46 bits per heavy atom. The van der Waals surface area contributed by atoms with Gasteiger partial charge in [-0.25, -0.2) is 0 Å². The van der Waals surface area contributed by atoms with Crippen molar-refractivity contribution in [3.8, 4) is 0 Å². The van der Waals surface area contributed by atoms with E-state index in [2.05, 4.69) is 19.6 Å². The Bertz CT molecular complexity index is 207. The summed E-state index contributed by atoms with van der Waals surface area (Å²) in [6.45, 7) is 5.02. The summed E-state index contributed by atoms with van der Waals surface area (Å²) in [4.78, 5) is 0. The van der Waals surface area contributed by atoms with Crippen LogP contribution < -0.4 is 5.73 Å². The van der Waals surface area contributed by atoms with Gasteiger partial charge in [-0.2, -0.15) is 0 Å². The van der Waals surface area contributed by atoms with Crippen molar-refractivity contribution in [3.63, 3.8) is 0 Å². The first kappa shape index (κ1) is 8.28. The van der Waals surface area contributed by atoms with E-state index < -0.39 is 0 Å². The Morgan fingerprint density at radius 3 is 1.85 bits per heavy atom. The van der Waals surface area contributed by atoms with E-state index in [1.807, 2.05) is 0 Å². The highest BCUT2D eigenvalue weighted by Crippen LogP contribution is 2.64. The molecule has 13 heavy (non-hydrogen) atoms. The third-order valence-electron chi connectivity index (χ3n) is 4.74. The molecule has 74 valence electrons. The van der Waals surface area contributed by atoms with Gasteiger partial charge in [0.2, 0.25) is 0 Å². The maximum absolute atomic E-state index is 4.52. The maximum Gasteiger partial charge on any atom is 0.0959 e. The molecule has 4 bridgehead atoms. The Balaban J connectivity index is 2.03. The molecule has 2 atom stereocenters. The molecule has 0 amide bonds. The maximum atomic E-state index is 4.52. The molecular formula is C12H22N+. The molecule has 4 saturated carbocycles. The molecule has 0 saturated heterocycles. The van der Waals surface area contributed by atoms with Crippen LogP contribution in [0.3, 0.4) is 0 Å². The molecule has 0 aliphatic heterocycles. The summed E-state index contributed by atoms with van der Waals surface area (Å²) < 4.78 is 0. The average molecular weight is 180 g/mol. The van der Waals surface area contributed by atoms with Gasteiger partial charge in [-0.15, -0.1) is 0 Å². The van der Waals surface area contributed by atoms with Crippen LogP contribution in [0.2, 0.25) is 0 Å². The van der Waals surface area contributed by atoms with Gasteiger partial charge in [-0.3, -0.25) is 0 Å². The Kier molecular flexibility index (Phi) is 1.26. The van der Waals surface area contributed by atoms with Crippen LogP contribution in [0.5, 0.6) is 0 Å². The fourth-order valence-corrected chi connectivity index (χ4v) is 5.68. The Labute approximate surface area is 81.1 Å². The van der Waals surface area contributed by atoms with Gasteiger partial charge in [-0.05, 0) is 36.0 Å². The number of hydrogen-bond acceptors (Lipinski definition) is 0. The van der Waals surface area contributed by atoms with E-state index in [9.17, 15) is 0 Å². The lowest BCUT2D eigenvalue weighted by atomic mass is 9.43. The average Bonchev–Trinajstić information content (AvgIpc) is 1.71. The molecule has 0 heterocycles. The van der Waals surface area contributed by atoms with Gasteiger partial charge in [0.25, 0.3) is 0 Å². The van der Waals surface area contributed by atoms with Crippen LogP contribution in [0.1, 0.15) is 52.4 Å². The van der Waals surface area contributed by atoms with Crippen LogP contribution in [-0.4, -0.2) is 5.54 Å². The molecule has 0 aromatic heterocycles. The van der Waals surface area contributed by atoms with E-state index in [-0.39, 0.29) is 0 Å². The third kappa shape index (κ3) is 1.09. The van der Waals surface area contributed by atoms with E-state index in [1.165, 1.54) is 38.5 Å². The summed E-state index contributed by atoms with van der Waals surface area (Å²) in [5, 5.41) is 0. The monoisotopic (exact) mass is 180 g/mol. The lowest BCUT2D eigenvalue weighted by molar-refractivity contribution is -0.514. The zero-order valence-electron chi connectivity index (χ0n) is 9.03. The predicted molar refractivity (Wildman–Crippen MR) is 53.0 cm³/mol. The minimum Gasteiger partial charge on any atom is -0.353 e. The number of hydrogen-bond donors (Lipinski definition) is 1. The van der Waals surface area contributed by atoms with Gasteiger partial charge in [0.05, 0.1) is 5.54 Å². The second-order valence-electron chi connectivity index (χ2n) is 7.13. The minimum atomic E-state index is 0.475. The summed E-state index contributed by atoms with van der Waals surface area (Å²) in [6.07, 6.45) is 8.73. The quantitative estimate of drug-likeness (QED) is 0.590. The number of quaternary nitrogens is 1. The Hall–Kier alpha value is -0.0400. The molecule has 0 aromatic rings. The summed E-state index contributed by atoms with van der Waals surface area (Å²) >= 11 is 0. The second-order valence-corrected chi connectivity index (χ2v) is 7.13. The molecule has 4 rings (SSSR count). The van der Waals surface area contributed by atoms with E-state index in [0.717, 1.165) is 5.92 Å². The van der Waals surface area contributed by atoms with Crippen LogP contribution in [-0.2, 0) is 0 Å². The molecule has 0 radical (unpaired) electrons. The van der Waals surface area contributed by atoms with Crippen molar-refractivity contribution in [1.82, 2.24) is 0 Å². The molecule has 4 aliphatic carbocycles. The molecule has 4 fully saturated rings. The van der Waals surface area contributed by atoms with E-state index in [1.54, 1.807) is 0 Å². The summed E-state index contributed by atoms with van der Waals surface area (Å²) in [6, 6.07) is 0. The zero-order chi connectivity index (χ0) is 9.32. The number of rotatable bonds is 0. The van der Waals surface area contributed by atoms with Crippen molar-refractivity contribution in [1.29, 1.82) is 0 Å². The molecule has 1 nitrogen and oxygen atoms in total. The van der Waals surface area contributed by atoms with Crippen molar-refractivity contribution in [2.24, 2.45) is 16.7 Å². The highest BCUT2D eigenvalue weighted by atomic mass is 14.8. The van der Waals surface area contributed by atoms with E-state index in [0.29, 0.717) is 16.4 Å². The van der Waals surface area contributed by atoms with Crippen molar-refractivity contribution in [2.45, 2.75) is 57.9 Å². The molecule has 0 spiro atoms. The first-order chi connectivity index (χ1) is 5.91. The molecule has 1 heteroatoms. The molecule has 4 aliphatic rings. The smallest absolute Gasteiger partial charge is 0.0959 e. The Morgan fingerprint density at radius 1 is 0.923 bits per heavy atom. The summed E-state index contributed by atoms with van der Waals surface area (Å²) in [7, 11) is 0. The van der Waals surface area contributed by atoms with Crippen molar-refractivity contribution in [3.05, 3.63) is 0 Å². The first-order valence-electron chi connectivity index (χ1n) is 5.76. The first-order valence-corrected chi connectivity index (χ1v) is 5.76. The van der Waals surface area contributed by atoms with E-state index in [4.69, 9.17) is 0 Å². The molecule has 0 aromatic carbocycles. The van der Waals surface area contributed by atoms with Gasteiger partial charge in [0, 0.05) is 19.3 Å². The van der Waals surface area contributed by atoms with Crippen molar-refractivity contribution in [2.75, 3.05) is 0 Å². The van der Waals surface area contributed by atoms with Gasteiger partial charge < -0.3 is 5.73 Å². The fourth-order valence-electron chi connectivity index (χ4n) is 5.68. The SMILES string of the molecule is CC12CC3CC(C)(C1)CC([NH3+])(C3)C2. The van der Waals surface area contributed by atoms with Crippen LogP contribution in [0.4, 0.5) is 0 Å². The largest absolute Gasteiger partial charge is 0.353 e. The highest BCUT2D eigenvalue weighted by Gasteiger charge is 2.60. The van der Waals surface area contributed by atoms with Crippen molar-refractivity contribution >= 4 is 0 Å². The molecule has 2 unspecified atom stereocenters. The molecule has 3 N–H and O–H groups in total. The van der Waals surface area contributed by atoms with E-state index >= 15 is 0 Å². The minimum absolute atomic E-state index is 0.475. The summed E-state index contributed by atoms with van der Waals surface area (Å²) in [5.41, 5.74) is 6.32. The topological polar surface area (TPSA) is 27.6 Å².